The second-order valence-electron chi connectivity index (χ2n) is 5.92. The van der Waals surface area contributed by atoms with Gasteiger partial charge in [0.15, 0.2) is 11.5 Å². The molecule has 0 saturated carbocycles. The van der Waals surface area contributed by atoms with E-state index in [1.165, 1.54) is 24.0 Å². The van der Waals surface area contributed by atoms with Crippen molar-refractivity contribution < 1.29 is 9.47 Å². The van der Waals surface area contributed by atoms with Crippen LogP contribution in [-0.4, -0.2) is 27.3 Å². The molecule has 0 spiro atoms. The SMILES string of the molecule is COc1ccc(C(C)C)c(CC2CCNCC2)c1OC. The zero-order valence-electron chi connectivity index (χ0n) is 13.2. The molecule has 112 valence electrons. The van der Waals surface area contributed by atoms with Gasteiger partial charge >= 0.3 is 0 Å². The summed E-state index contributed by atoms with van der Waals surface area (Å²) < 4.78 is 11.1. The van der Waals surface area contributed by atoms with Crippen LogP contribution in [-0.2, 0) is 6.42 Å². The van der Waals surface area contributed by atoms with Gasteiger partial charge in [0.2, 0.25) is 0 Å². The van der Waals surface area contributed by atoms with Gasteiger partial charge in [-0.15, -0.1) is 0 Å². The average molecular weight is 277 g/mol. The van der Waals surface area contributed by atoms with Gasteiger partial charge in [-0.05, 0) is 55.8 Å². The van der Waals surface area contributed by atoms with Crippen LogP contribution in [0.15, 0.2) is 12.1 Å². The van der Waals surface area contributed by atoms with E-state index in [4.69, 9.17) is 9.47 Å². The van der Waals surface area contributed by atoms with E-state index in [2.05, 4.69) is 25.2 Å². The van der Waals surface area contributed by atoms with E-state index in [-0.39, 0.29) is 0 Å². The summed E-state index contributed by atoms with van der Waals surface area (Å²) in [6.45, 7) is 6.75. The molecule has 0 unspecified atom stereocenters. The Bertz CT molecular complexity index is 437. The summed E-state index contributed by atoms with van der Waals surface area (Å²) in [5.74, 6) is 3.03. The molecule has 1 aromatic rings. The molecule has 0 atom stereocenters. The van der Waals surface area contributed by atoms with Crippen LogP contribution in [0.1, 0.15) is 43.7 Å². The Balaban J connectivity index is 2.34. The van der Waals surface area contributed by atoms with Crippen LogP contribution in [0.25, 0.3) is 0 Å². The Morgan fingerprint density at radius 3 is 2.40 bits per heavy atom. The molecule has 0 radical (unpaired) electrons. The third kappa shape index (κ3) is 3.26. The van der Waals surface area contributed by atoms with E-state index >= 15 is 0 Å². The smallest absolute Gasteiger partial charge is 0.164 e. The first-order valence-electron chi connectivity index (χ1n) is 7.61. The van der Waals surface area contributed by atoms with Gasteiger partial charge in [-0.3, -0.25) is 0 Å². The number of hydrogen-bond acceptors (Lipinski definition) is 3. The van der Waals surface area contributed by atoms with E-state index in [1.54, 1.807) is 14.2 Å². The molecular formula is C17H27NO2. The van der Waals surface area contributed by atoms with Gasteiger partial charge in [0.05, 0.1) is 14.2 Å². The Morgan fingerprint density at radius 1 is 1.15 bits per heavy atom. The topological polar surface area (TPSA) is 30.5 Å². The third-order valence-electron chi connectivity index (χ3n) is 4.26. The number of piperidine rings is 1. The number of benzene rings is 1. The van der Waals surface area contributed by atoms with Crippen molar-refractivity contribution in [1.82, 2.24) is 5.32 Å². The normalized spacial score (nSPS) is 16.4. The lowest BCUT2D eigenvalue weighted by Crippen LogP contribution is -2.29. The maximum atomic E-state index is 5.66. The van der Waals surface area contributed by atoms with Gasteiger partial charge in [0.25, 0.3) is 0 Å². The van der Waals surface area contributed by atoms with Gasteiger partial charge in [0, 0.05) is 5.56 Å². The van der Waals surface area contributed by atoms with E-state index in [9.17, 15) is 0 Å². The van der Waals surface area contributed by atoms with Crippen LogP contribution in [0.4, 0.5) is 0 Å². The van der Waals surface area contributed by atoms with Crippen LogP contribution < -0.4 is 14.8 Å². The summed E-state index contributed by atoms with van der Waals surface area (Å²) in [7, 11) is 3.45. The number of hydrogen-bond donors (Lipinski definition) is 1. The van der Waals surface area contributed by atoms with Crippen molar-refractivity contribution in [2.24, 2.45) is 5.92 Å². The summed E-state index contributed by atoms with van der Waals surface area (Å²) in [5.41, 5.74) is 2.73. The summed E-state index contributed by atoms with van der Waals surface area (Å²) >= 11 is 0. The number of nitrogens with one attached hydrogen (secondary N) is 1. The van der Waals surface area contributed by atoms with Crippen molar-refractivity contribution in [3.8, 4) is 11.5 Å². The third-order valence-corrected chi connectivity index (χ3v) is 4.26. The minimum Gasteiger partial charge on any atom is -0.493 e. The first-order valence-corrected chi connectivity index (χ1v) is 7.61. The molecule has 3 heteroatoms. The van der Waals surface area contributed by atoms with Crippen LogP contribution in [0.2, 0.25) is 0 Å². The number of methoxy groups -OCH3 is 2. The van der Waals surface area contributed by atoms with Gasteiger partial charge in [-0.2, -0.15) is 0 Å². The predicted octanol–water partition coefficient (Wildman–Crippen LogP) is 3.37. The molecular weight excluding hydrogens is 250 g/mol. The Labute approximate surface area is 122 Å². The van der Waals surface area contributed by atoms with Crippen LogP contribution in [0, 0.1) is 5.92 Å². The molecule has 20 heavy (non-hydrogen) atoms. The first-order chi connectivity index (χ1) is 9.67. The zero-order valence-corrected chi connectivity index (χ0v) is 13.2. The lowest BCUT2D eigenvalue weighted by Gasteiger charge is -2.26. The van der Waals surface area contributed by atoms with Crippen molar-refractivity contribution in [2.45, 2.75) is 39.0 Å². The minimum absolute atomic E-state index is 0.506. The highest BCUT2D eigenvalue weighted by Gasteiger charge is 2.21. The lowest BCUT2D eigenvalue weighted by atomic mass is 9.85. The van der Waals surface area contributed by atoms with E-state index < -0.39 is 0 Å². The van der Waals surface area contributed by atoms with Crippen molar-refractivity contribution in [1.29, 1.82) is 0 Å². The van der Waals surface area contributed by atoms with E-state index in [1.807, 2.05) is 6.07 Å². The highest BCUT2D eigenvalue weighted by molar-refractivity contribution is 5.52. The fourth-order valence-corrected chi connectivity index (χ4v) is 3.13. The molecule has 1 aliphatic heterocycles. The van der Waals surface area contributed by atoms with Crippen molar-refractivity contribution in [2.75, 3.05) is 27.3 Å². The summed E-state index contributed by atoms with van der Waals surface area (Å²) in [4.78, 5) is 0. The Hall–Kier alpha value is -1.22. The fraction of sp³-hybridized carbons (Fsp3) is 0.647. The van der Waals surface area contributed by atoms with Crippen molar-refractivity contribution in [3.05, 3.63) is 23.3 Å². The van der Waals surface area contributed by atoms with Gasteiger partial charge < -0.3 is 14.8 Å². The average Bonchev–Trinajstić information content (AvgIpc) is 2.47. The monoisotopic (exact) mass is 277 g/mol. The van der Waals surface area contributed by atoms with Crippen molar-refractivity contribution in [3.63, 3.8) is 0 Å². The molecule has 1 N–H and O–H groups in total. The first kappa shape index (κ1) is 15.2. The van der Waals surface area contributed by atoms with Gasteiger partial charge in [-0.1, -0.05) is 19.9 Å². The molecule has 1 aliphatic rings. The fourth-order valence-electron chi connectivity index (χ4n) is 3.13. The van der Waals surface area contributed by atoms with E-state index in [0.29, 0.717) is 5.92 Å². The Morgan fingerprint density at radius 2 is 1.85 bits per heavy atom. The molecule has 0 amide bonds. The maximum absolute atomic E-state index is 5.66. The van der Waals surface area contributed by atoms with Crippen LogP contribution in [0.3, 0.4) is 0 Å². The van der Waals surface area contributed by atoms with Crippen LogP contribution >= 0.6 is 0 Å². The zero-order chi connectivity index (χ0) is 14.5. The molecule has 1 aromatic carbocycles. The summed E-state index contributed by atoms with van der Waals surface area (Å²) in [6, 6.07) is 4.22. The molecule has 2 rings (SSSR count). The molecule has 1 heterocycles. The second-order valence-corrected chi connectivity index (χ2v) is 5.92. The van der Waals surface area contributed by atoms with E-state index in [0.717, 1.165) is 36.9 Å². The minimum atomic E-state index is 0.506. The summed E-state index contributed by atoms with van der Waals surface area (Å²) in [6.07, 6.45) is 3.59. The predicted molar refractivity (Wildman–Crippen MR) is 82.9 cm³/mol. The van der Waals surface area contributed by atoms with Crippen molar-refractivity contribution >= 4 is 0 Å². The maximum Gasteiger partial charge on any atom is 0.164 e. The molecule has 0 aliphatic carbocycles. The molecule has 1 saturated heterocycles. The number of rotatable bonds is 5. The molecule has 3 nitrogen and oxygen atoms in total. The van der Waals surface area contributed by atoms with Gasteiger partial charge in [0.1, 0.15) is 0 Å². The second kappa shape index (κ2) is 6.98. The largest absolute Gasteiger partial charge is 0.493 e. The summed E-state index contributed by atoms with van der Waals surface area (Å²) in [5, 5.41) is 3.43. The van der Waals surface area contributed by atoms with Crippen LogP contribution in [0.5, 0.6) is 11.5 Å². The number of ether oxygens (including phenoxy) is 2. The highest BCUT2D eigenvalue weighted by atomic mass is 16.5. The van der Waals surface area contributed by atoms with Gasteiger partial charge in [-0.25, -0.2) is 0 Å². The molecule has 1 fully saturated rings. The molecule has 0 bridgehead atoms. The quantitative estimate of drug-likeness (QED) is 0.895. The standard InChI is InChI=1S/C17H27NO2/c1-12(2)14-5-6-16(19-3)17(20-4)15(14)11-13-7-9-18-10-8-13/h5-6,12-13,18H,7-11H2,1-4H3. The Kier molecular flexibility index (Phi) is 5.30. The highest BCUT2D eigenvalue weighted by Crippen LogP contribution is 2.38. The lowest BCUT2D eigenvalue weighted by molar-refractivity contribution is 0.338. The molecule has 0 aromatic heterocycles.